The molecular formula is C18H23N. The molecular weight excluding hydrogens is 230 g/mol. The highest BCUT2D eigenvalue weighted by Crippen LogP contribution is 2.18. The van der Waals surface area contributed by atoms with Crippen LogP contribution in [-0.2, 0) is 6.54 Å². The van der Waals surface area contributed by atoms with Crippen molar-refractivity contribution in [2.75, 3.05) is 5.32 Å². The van der Waals surface area contributed by atoms with Gasteiger partial charge < -0.3 is 5.32 Å². The fourth-order valence-electron chi connectivity index (χ4n) is 2.23. The van der Waals surface area contributed by atoms with E-state index >= 15 is 0 Å². The predicted octanol–water partition coefficient (Wildman–Crippen LogP) is 5.04. The molecule has 0 bridgehead atoms. The molecule has 0 spiro atoms. The third-order valence-corrected chi connectivity index (χ3v) is 3.56. The molecule has 0 unspecified atom stereocenters. The zero-order valence-corrected chi connectivity index (χ0v) is 12.3. The Morgan fingerprint density at radius 2 is 1.63 bits per heavy atom. The molecule has 0 amide bonds. The van der Waals surface area contributed by atoms with E-state index in [0.717, 1.165) is 6.54 Å². The van der Waals surface area contributed by atoms with Crippen LogP contribution >= 0.6 is 0 Å². The summed E-state index contributed by atoms with van der Waals surface area (Å²) in [7, 11) is 0. The third-order valence-electron chi connectivity index (χ3n) is 3.56. The molecule has 0 saturated carbocycles. The maximum Gasteiger partial charge on any atom is 0.0403 e. The SMILES string of the molecule is Cc1ccc(CNc2ccc(C(C)C)cc2)c(C)c1. The van der Waals surface area contributed by atoms with E-state index < -0.39 is 0 Å². The van der Waals surface area contributed by atoms with Crippen molar-refractivity contribution >= 4 is 5.69 Å². The molecule has 100 valence electrons. The van der Waals surface area contributed by atoms with E-state index in [4.69, 9.17) is 0 Å². The fraction of sp³-hybridized carbons (Fsp3) is 0.333. The average Bonchev–Trinajstić information content (AvgIpc) is 2.38. The predicted molar refractivity (Wildman–Crippen MR) is 83.8 cm³/mol. The van der Waals surface area contributed by atoms with Gasteiger partial charge in [-0.3, -0.25) is 0 Å². The zero-order valence-electron chi connectivity index (χ0n) is 12.3. The number of nitrogens with one attached hydrogen (secondary N) is 1. The topological polar surface area (TPSA) is 12.0 Å². The minimum Gasteiger partial charge on any atom is -0.381 e. The molecule has 1 N–H and O–H groups in total. The Balaban J connectivity index is 2.02. The van der Waals surface area contributed by atoms with Gasteiger partial charge in [-0.2, -0.15) is 0 Å². The van der Waals surface area contributed by atoms with E-state index in [0.29, 0.717) is 5.92 Å². The lowest BCUT2D eigenvalue weighted by atomic mass is 10.0. The first-order valence-electron chi connectivity index (χ1n) is 6.96. The molecule has 0 saturated heterocycles. The van der Waals surface area contributed by atoms with Gasteiger partial charge in [-0.05, 0) is 48.6 Å². The maximum atomic E-state index is 3.49. The van der Waals surface area contributed by atoms with Crippen molar-refractivity contribution in [3.8, 4) is 0 Å². The zero-order chi connectivity index (χ0) is 13.8. The summed E-state index contributed by atoms with van der Waals surface area (Å²) in [6.45, 7) is 9.63. The number of hydrogen-bond acceptors (Lipinski definition) is 1. The van der Waals surface area contributed by atoms with Crippen molar-refractivity contribution in [1.29, 1.82) is 0 Å². The molecule has 0 aliphatic carbocycles. The second-order valence-corrected chi connectivity index (χ2v) is 5.56. The Kier molecular flexibility index (Phi) is 4.26. The highest BCUT2D eigenvalue weighted by atomic mass is 14.9. The van der Waals surface area contributed by atoms with E-state index in [2.05, 4.69) is 75.5 Å². The van der Waals surface area contributed by atoms with Crippen LogP contribution in [0.15, 0.2) is 42.5 Å². The normalized spacial score (nSPS) is 10.8. The number of hydrogen-bond donors (Lipinski definition) is 1. The Morgan fingerprint density at radius 1 is 0.947 bits per heavy atom. The summed E-state index contributed by atoms with van der Waals surface area (Å²) in [4.78, 5) is 0. The first-order valence-corrected chi connectivity index (χ1v) is 6.96. The summed E-state index contributed by atoms with van der Waals surface area (Å²) >= 11 is 0. The van der Waals surface area contributed by atoms with Gasteiger partial charge >= 0.3 is 0 Å². The molecule has 1 heteroatoms. The minimum absolute atomic E-state index is 0.591. The molecule has 1 nitrogen and oxygen atoms in total. The second-order valence-electron chi connectivity index (χ2n) is 5.56. The van der Waals surface area contributed by atoms with Crippen LogP contribution in [-0.4, -0.2) is 0 Å². The highest BCUT2D eigenvalue weighted by Gasteiger charge is 2.01. The molecule has 0 aliphatic rings. The van der Waals surface area contributed by atoms with Gasteiger partial charge in [0.05, 0.1) is 0 Å². The first-order chi connectivity index (χ1) is 9.06. The van der Waals surface area contributed by atoms with Gasteiger partial charge in [0, 0.05) is 12.2 Å². The van der Waals surface area contributed by atoms with E-state index in [-0.39, 0.29) is 0 Å². The summed E-state index contributed by atoms with van der Waals surface area (Å²) in [5.41, 5.74) is 6.61. The van der Waals surface area contributed by atoms with Crippen molar-refractivity contribution in [1.82, 2.24) is 0 Å². The lowest BCUT2D eigenvalue weighted by Crippen LogP contribution is -2.01. The van der Waals surface area contributed by atoms with Gasteiger partial charge in [-0.15, -0.1) is 0 Å². The lowest BCUT2D eigenvalue weighted by Gasteiger charge is -2.11. The standard InChI is InChI=1S/C18H23N/c1-13(2)16-7-9-18(10-8-16)19-12-17-6-5-14(3)11-15(17)4/h5-11,13,19H,12H2,1-4H3. The number of aryl methyl sites for hydroxylation is 2. The van der Waals surface area contributed by atoms with Crippen molar-refractivity contribution in [2.24, 2.45) is 0 Å². The number of anilines is 1. The fourth-order valence-corrected chi connectivity index (χ4v) is 2.23. The minimum atomic E-state index is 0.591. The van der Waals surface area contributed by atoms with Crippen LogP contribution in [0.2, 0.25) is 0 Å². The molecule has 19 heavy (non-hydrogen) atoms. The van der Waals surface area contributed by atoms with E-state index in [1.807, 2.05) is 0 Å². The van der Waals surface area contributed by atoms with Crippen molar-refractivity contribution in [3.63, 3.8) is 0 Å². The summed E-state index contributed by atoms with van der Waals surface area (Å²) in [6, 6.07) is 15.4. The van der Waals surface area contributed by atoms with Gasteiger partial charge in [0.25, 0.3) is 0 Å². The Labute approximate surface area is 116 Å². The molecule has 0 heterocycles. The molecule has 0 aliphatic heterocycles. The van der Waals surface area contributed by atoms with E-state index in [9.17, 15) is 0 Å². The van der Waals surface area contributed by atoms with Crippen LogP contribution in [0, 0.1) is 13.8 Å². The van der Waals surface area contributed by atoms with Crippen molar-refractivity contribution < 1.29 is 0 Å². The van der Waals surface area contributed by atoms with Crippen LogP contribution in [0.1, 0.15) is 42.0 Å². The number of rotatable bonds is 4. The maximum absolute atomic E-state index is 3.49. The molecule has 2 rings (SSSR count). The van der Waals surface area contributed by atoms with Gasteiger partial charge in [0.15, 0.2) is 0 Å². The largest absolute Gasteiger partial charge is 0.381 e. The van der Waals surface area contributed by atoms with Gasteiger partial charge in [0.1, 0.15) is 0 Å². The van der Waals surface area contributed by atoms with E-state index in [1.165, 1.54) is 27.9 Å². The molecule has 0 aromatic heterocycles. The van der Waals surface area contributed by atoms with E-state index in [1.54, 1.807) is 0 Å². The van der Waals surface area contributed by atoms with Crippen molar-refractivity contribution in [2.45, 2.75) is 40.2 Å². The molecule has 0 atom stereocenters. The van der Waals surface area contributed by atoms with Crippen LogP contribution < -0.4 is 5.32 Å². The average molecular weight is 253 g/mol. The molecule has 2 aromatic carbocycles. The quantitative estimate of drug-likeness (QED) is 0.805. The summed E-state index contributed by atoms with van der Waals surface area (Å²) < 4.78 is 0. The smallest absolute Gasteiger partial charge is 0.0403 e. The van der Waals surface area contributed by atoms with Gasteiger partial charge in [0.2, 0.25) is 0 Å². The highest BCUT2D eigenvalue weighted by molar-refractivity contribution is 5.46. The van der Waals surface area contributed by atoms with Crippen LogP contribution in [0.4, 0.5) is 5.69 Å². The first kappa shape index (κ1) is 13.7. The molecule has 0 radical (unpaired) electrons. The van der Waals surface area contributed by atoms with Crippen LogP contribution in [0.5, 0.6) is 0 Å². The van der Waals surface area contributed by atoms with Gasteiger partial charge in [-0.25, -0.2) is 0 Å². The lowest BCUT2D eigenvalue weighted by molar-refractivity contribution is 0.867. The summed E-state index contributed by atoms with van der Waals surface area (Å²) in [6.07, 6.45) is 0. The van der Waals surface area contributed by atoms with Crippen LogP contribution in [0.25, 0.3) is 0 Å². The number of benzene rings is 2. The van der Waals surface area contributed by atoms with Gasteiger partial charge in [-0.1, -0.05) is 49.7 Å². The second kappa shape index (κ2) is 5.92. The van der Waals surface area contributed by atoms with Crippen LogP contribution in [0.3, 0.4) is 0 Å². The molecule has 2 aromatic rings. The monoisotopic (exact) mass is 253 g/mol. The molecule has 0 fully saturated rings. The summed E-state index contributed by atoms with van der Waals surface area (Å²) in [5.74, 6) is 0.591. The Hall–Kier alpha value is -1.76. The van der Waals surface area contributed by atoms with Crippen molar-refractivity contribution in [3.05, 3.63) is 64.7 Å². The summed E-state index contributed by atoms with van der Waals surface area (Å²) in [5, 5.41) is 3.49. The Bertz CT molecular complexity index is 538. The third kappa shape index (κ3) is 3.60. The Morgan fingerprint density at radius 3 is 2.21 bits per heavy atom.